The SMILES string of the molecule is CCCC[C@H](NC(C)=O)C(=O)N[C@@H](CS)C(=O)N[C@H](C)C(=O)N[C@@H](Cc1cnc[nH]1)C(=O)N[C@H](Cc1ccc2ccccc2c1)C(=O)N[C@@H](CCCN=C(N)N)C(=O)N[C@@H](Cc1csc2ccccc12)C(=O)N[C@@H](CS)C(N)=O. The van der Waals surface area contributed by atoms with E-state index >= 15 is 0 Å². The average molecular weight is 1140 g/mol. The molecule has 3 aromatic carbocycles. The van der Waals surface area contributed by atoms with Crippen molar-refractivity contribution < 1.29 is 43.2 Å². The van der Waals surface area contributed by atoms with E-state index in [1.807, 2.05) is 73.0 Å². The van der Waals surface area contributed by atoms with Gasteiger partial charge in [0, 0.05) is 60.8 Å². The number of carbonyl (C=O) groups excluding carboxylic acids is 9. The smallest absolute Gasteiger partial charge is 0.244 e. The van der Waals surface area contributed by atoms with Crippen LogP contribution in [-0.2, 0) is 62.4 Å². The van der Waals surface area contributed by atoms with E-state index in [0.717, 1.165) is 32.8 Å². The van der Waals surface area contributed by atoms with Crippen molar-refractivity contribution in [3.8, 4) is 0 Å². The lowest BCUT2D eigenvalue weighted by molar-refractivity contribution is -0.135. The van der Waals surface area contributed by atoms with Gasteiger partial charge in [-0.05, 0) is 64.9 Å². The molecule has 0 bridgehead atoms. The molecule has 5 rings (SSSR count). The van der Waals surface area contributed by atoms with Gasteiger partial charge in [0.15, 0.2) is 5.96 Å². The zero-order valence-corrected chi connectivity index (χ0v) is 46.7. The maximum absolute atomic E-state index is 14.9. The number of nitrogens with zero attached hydrogens (tertiary/aromatic N) is 2. The van der Waals surface area contributed by atoms with Crippen LogP contribution >= 0.6 is 36.6 Å². The van der Waals surface area contributed by atoms with Gasteiger partial charge in [-0.1, -0.05) is 80.4 Å². The Bertz CT molecular complexity index is 2950. The summed E-state index contributed by atoms with van der Waals surface area (Å²) in [6.07, 6.45) is 4.34. The van der Waals surface area contributed by atoms with E-state index in [-0.39, 0.29) is 56.1 Å². The van der Waals surface area contributed by atoms with E-state index in [4.69, 9.17) is 17.2 Å². The van der Waals surface area contributed by atoms with Gasteiger partial charge in [-0.25, -0.2) is 4.98 Å². The van der Waals surface area contributed by atoms with Gasteiger partial charge in [-0.15, -0.1) is 11.3 Å². The number of hydrogen-bond donors (Lipinski definition) is 14. The van der Waals surface area contributed by atoms with Crippen LogP contribution in [0.25, 0.3) is 20.9 Å². The van der Waals surface area contributed by atoms with Crippen molar-refractivity contribution in [2.24, 2.45) is 22.2 Å². The molecule has 424 valence electrons. The van der Waals surface area contributed by atoms with Gasteiger partial charge < -0.3 is 64.7 Å². The van der Waals surface area contributed by atoms with E-state index < -0.39 is 101 Å². The maximum Gasteiger partial charge on any atom is 0.244 e. The van der Waals surface area contributed by atoms with E-state index in [0.29, 0.717) is 24.1 Å². The van der Waals surface area contributed by atoms with Crippen molar-refractivity contribution in [1.29, 1.82) is 0 Å². The number of amides is 9. The number of nitrogens with two attached hydrogens (primary N) is 3. The minimum atomic E-state index is -1.42. The van der Waals surface area contributed by atoms with Gasteiger partial charge in [0.1, 0.15) is 48.3 Å². The van der Waals surface area contributed by atoms with E-state index in [9.17, 15) is 43.2 Å². The number of aromatic nitrogens is 2. The van der Waals surface area contributed by atoms with E-state index in [1.165, 1.54) is 37.7 Å². The van der Waals surface area contributed by atoms with Crippen LogP contribution < -0.4 is 59.7 Å². The fraction of sp³-hybridized carbons (Fsp3) is 0.415. The molecular formula is C53H70N14O9S3. The summed E-state index contributed by atoms with van der Waals surface area (Å²) in [5.74, 6) is -7.12. The number of primary amides is 1. The minimum absolute atomic E-state index is 0.0213. The first-order valence-electron chi connectivity index (χ1n) is 25.7. The van der Waals surface area contributed by atoms with Crippen molar-refractivity contribution in [3.63, 3.8) is 0 Å². The number of carbonyl (C=O) groups is 9. The lowest BCUT2D eigenvalue weighted by Gasteiger charge is -2.27. The molecule has 0 saturated heterocycles. The fourth-order valence-corrected chi connectivity index (χ4v) is 9.89. The lowest BCUT2D eigenvalue weighted by Crippen LogP contribution is -2.61. The normalized spacial score (nSPS) is 14.1. The Morgan fingerprint density at radius 1 is 0.620 bits per heavy atom. The van der Waals surface area contributed by atoms with Gasteiger partial charge in [-0.3, -0.25) is 48.1 Å². The number of imidazole rings is 1. The molecule has 5 aromatic rings. The Balaban J connectivity index is 1.43. The second-order valence-electron chi connectivity index (χ2n) is 18.8. The highest BCUT2D eigenvalue weighted by Gasteiger charge is 2.34. The number of aliphatic imine (C=N–C) groups is 1. The predicted molar refractivity (Wildman–Crippen MR) is 309 cm³/mol. The molecule has 0 unspecified atom stereocenters. The zero-order chi connectivity index (χ0) is 57.6. The number of H-pyrrole nitrogens is 1. The number of rotatable bonds is 31. The number of aromatic amines is 1. The van der Waals surface area contributed by atoms with Crippen molar-refractivity contribution in [3.05, 3.63) is 101 Å². The molecule has 9 amide bonds. The highest BCUT2D eigenvalue weighted by Crippen LogP contribution is 2.27. The van der Waals surface area contributed by atoms with Crippen LogP contribution in [0, 0.1) is 0 Å². The molecule has 0 fully saturated rings. The summed E-state index contributed by atoms with van der Waals surface area (Å²) >= 11 is 9.86. The van der Waals surface area contributed by atoms with Crippen LogP contribution in [0.3, 0.4) is 0 Å². The number of hydrogen-bond acceptors (Lipinski definition) is 14. The van der Waals surface area contributed by atoms with Crippen LogP contribution in [0.15, 0.2) is 89.6 Å². The Hall–Kier alpha value is -7.71. The molecule has 26 heteroatoms. The molecule has 23 nitrogen and oxygen atoms in total. The third-order valence-corrected chi connectivity index (χ3v) is 14.4. The Morgan fingerprint density at radius 3 is 1.78 bits per heavy atom. The summed E-state index contributed by atoms with van der Waals surface area (Å²) in [7, 11) is 0. The topological polar surface area (TPSA) is 369 Å². The van der Waals surface area contributed by atoms with Gasteiger partial charge in [-0.2, -0.15) is 25.3 Å². The fourth-order valence-electron chi connectivity index (χ4n) is 8.39. The number of nitrogens with one attached hydrogen (secondary N) is 9. The quantitative estimate of drug-likeness (QED) is 0.0124. The van der Waals surface area contributed by atoms with Crippen LogP contribution in [0.4, 0.5) is 0 Å². The summed E-state index contributed by atoms with van der Waals surface area (Å²) in [6, 6.07) is 10.5. The van der Waals surface area contributed by atoms with Crippen molar-refractivity contribution in [2.75, 3.05) is 18.1 Å². The summed E-state index contributed by atoms with van der Waals surface area (Å²) in [5, 5.41) is 25.8. The monoisotopic (exact) mass is 1140 g/mol. The molecule has 0 aliphatic carbocycles. The number of guanidine groups is 1. The third-order valence-electron chi connectivity index (χ3n) is 12.6. The van der Waals surface area contributed by atoms with Gasteiger partial charge in [0.2, 0.25) is 53.2 Å². The van der Waals surface area contributed by atoms with E-state index in [2.05, 4.69) is 82.8 Å². The maximum atomic E-state index is 14.9. The van der Waals surface area contributed by atoms with Crippen LogP contribution in [0.1, 0.15) is 69.7 Å². The predicted octanol–water partition coefficient (Wildman–Crippen LogP) is 0.312. The van der Waals surface area contributed by atoms with E-state index in [1.54, 1.807) is 6.07 Å². The van der Waals surface area contributed by atoms with Crippen LogP contribution in [0.5, 0.6) is 0 Å². The van der Waals surface area contributed by atoms with Crippen molar-refractivity contribution in [1.82, 2.24) is 52.5 Å². The molecule has 8 atom stereocenters. The molecule has 0 radical (unpaired) electrons. The second-order valence-corrected chi connectivity index (χ2v) is 20.5. The highest BCUT2D eigenvalue weighted by molar-refractivity contribution is 7.80. The summed E-state index contributed by atoms with van der Waals surface area (Å²) < 4.78 is 0.933. The molecule has 2 heterocycles. The molecule has 79 heavy (non-hydrogen) atoms. The largest absolute Gasteiger partial charge is 0.370 e. The summed E-state index contributed by atoms with van der Waals surface area (Å²) in [4.78, 5) is 134. The molecule has 0 aliphatic heterocycles. The van der Waals surface area contributed by atoms with Gasteiger partial charge in [0.05, 0.1) is 6.33 Å². The number of thiophene rings is 1. The zero-order valence-electron chi connectivity index (χ0n) is 44.1. The van der Waals surface area contributed by atoms with Gasteiger partial charge >= 0.3 is 0 Å². The van der Waals surface area contributed by atoms with Crippen LogP contribution in [0.2, 0.25) is 0 Å². The summed E-state index contributed by atoms with van der Waals surface area (Å²) in [6.45, 7) is 4.64. The third kappa shape index (κ3) is 19.3. The number of thiol groups is 2. The molecule has 2 aromatic heterocycles. The molecule has 0 spiro atoms. The number of benzene rings is 3. The first-order chi connectivity index (χ1) is 37.8. The Labute approximate surface area is 472 Å². The Kier molecular flexibility index (Phi) is 24.4. The minimum Gasteiger partial charge on any atom is -0.370 e. The summed E-state index contributed by atoms with van der Waals surface area (Å²) in [5.41, 5.74) is 18.5. The average Bonchev–Trinajstić information content (AvgIpc) is 4.16. The standard InChI is InChI=1S/C53H70N14O9S3/c1-4-5-14-37(61-30(3)68)47(71)67-43(26-78)52(76)60-29(2)46(70)63-41(23-35-24-57-28-59-35)51(75)64-39(21-31-17-18-32-11-6-7-12-33(32)20-31)49(73)62-38(15-10-19-58-53(55)56)48(72)65-40(50(74)66-42(25-77)45(54)69)22-34-27-79-44-16-9-8-13-36(34)44/h6-9,11-13,16-18,20,24,27-29,37-43,77-78H,4-5,10,14-15,19,21-23,25-26H2,1-3H3,(H2,54,69)(H,57,59)(H,60,76)(H,61,68)(H,62,73)(H,63,70)(H,64,75)(H,65,72)(H,66,74)(H,67,71)(H4,55,56,58)/t29-,37+,38+,39-,40+,41+,42+,43+/m1/s1. The van der Waals surface area contributed by atoms with Crippen molar-refractivity contribution >= 4 is 117 Å². The first-order valence-corrected chi connectivity index (χ1v) is 27.8. The van der Waals surface area contributed by atoms with Crippen LogP contribution in [-0.4, -0.2) is 135 Å². The second kappa shape index (κ2) is 31.0. The highest BCUT2D eigenvalue weighted by atomic mass is 32.1. The lowest BCUT2D eigenvalue weighted by atomic mass is 9.99. The molecule has 0 saturated carbocycles. The molecular weight excluding hydrogens is 1070 g/mol. The Morgan fingerprint density at radius 2 is 1.16 bits per heavy atom. The first kappa shape index (κ1) is 62.1. The number of unbranched alkanes of at least 4 members (excludes halogenated alkanes) is 1. The molecule has 0 aliphatic rings. The number of fused-ring (bicyclic) bond motifs is 2. The van der Waals surface area contributed by atoms with Gasteiger partial charge in [0.25, 0.3) is 0 Å². The molecule has 15 N–H and O–H groups in total. The van der Waals surface area contributed by atoms with Crippen molar-refractivity contribution in [2.45, 2.75) is 120 Å².